The zero-order chi connectivity index (χ0) is 13.4. The molecule has 0 aromatic carbocycles. The van der Waals surface area contributed by atoms with Crippen molar-refractivity contribution in [2.24, 2.45) is 0 Å². The molecule has 100 valence electrons. The van der Waals surface area contributed by atoms with Crippen molar-refractivity contribution < 1.29 is 19.1 Å². The van der Waals surface area contributed by atoms with E-state index in [-0.39, 0.29) is 24.1 Å². The Morgan fingerprint density at radius 2 is 2.22 bits per heavy atom. The van der Waals surface area contributed by atoms with Crippen molar-refractivity contribution in [1.29, 1.82) is 0 Å². The summed E-state index contributed by atoms with van der Waals surface area (Å²) in [7, 11) is 0. The van der Waals surface area contributed by atoms with Crippen molar-refractivity contribution in [1.82, 2.24) is 10.6 Å². The Hall–Kier alpha value is -1.82. The van der Waals surface area contributed by atoms with Crippen LogP contribution in [0.1, 0.15) is 30.3 Å². The molecule has 1 aromatic heterocycles. The molecule has 1 atom stereocenters. The molecular formula is C12H18N2O4. The quantitative estimate of drug-likeness (QED) is 0.610. The van der Waals surface area contributed by atoms with Crippen LogP contribution in [0.15, 0.2) is 22.8 Å². The second kappa shape index (κ2) is 7.50. The highest BCUT2D eigenvalue weighted by molar-refractivity contribution is 5.91. The van der Waals surface area contributed by atoms with Gasteiger partial charge in [0.2, 0.25) is 5.91 Å². The van der Waals surface area contributed by atoms with Crippen LogP contribution in [0.25, 0.3) is 0 Å². The van der Waals surface area contributed by atoms with E-state index in [1.807, 2.05) is 0 Å². The maximum atomic E-state index is 11.4. The van der Waals surface area contributed by atoms with E-state index in [0.29, 0.717) is 19.4 Å². The van der Waals surface area contributed by atoms with Crippen LogP contribution in [0.2, 0.25) is 0 Å². The average Bonchev–Trinajstić information content (AvgIpc) is 2.85. The SMILES string of the molecule is C[C@@H](O)CNC(=O)CCCNC(=O)c1ccco1. The molecule has 1 aromatic rings. The van der Waals surface area contributed by atoms with Gasteiger partial charge in [-0.3, -0.25) is 9.59 Å². The highest BCUT2D eigenvalue weighted by Crippen LogP contribution is 1.99. The number of hydrogen-bond acceptors (Lipinski definition) is 4. The lowest BCUT2D eigenvalue weighted by Crippen LogP contribution is -2.31. The van der Waals surface area contributed by atoms with Gasteiger partial charge < -0.3 is 20.2 Å². The lowest BCUT2D eigenvalue weighted by Gasteiger charge is -2.07. The zero-order valence-electron chi connectivity index (χ0n) is 10.3. The van der Waals surface area contributed by atoms with Crippen molar-refractivity contribution in [2.75, 3.05) is 13.1 Å². The van der Waals surface area contributed by atoms with Crippen LogP contribution in [0.5, 0.6) is 0 Å². The molecule has 2 amide bonds. The first kappa shape index (κ1) is 14.2. The Kier molecular flexibility index (Phi) is 5.93. The topological polar surface area (TPSA) is 91.6 Å². The molecular weight excluding hydrogens is 236 g/mol. The van der Waals surface area contributed by atoms with E-state index < -0.39 is 6.10 Å². The summed E-state index contributed by atoms with van der Waals surface area (Å²) in [5, 5.41) is 14.2. The Morgan fingerprint density at radius 3 is 2.83 bits per heavy atom. The normalized spacial score (nSPS) is 11.9. The largest absolute Gasteiger partial charge is 0.459 e. The molecule has 0 fully saturated rings. The fourth-order valence-electron chi connectivity index (χ4n) is 1.30. The van der Waals surface area contributed by atoms with Crippen molar-refractivity contribution >= 4 is 11.8 Å². The van der Waals surface area contributed by atoms with Gasteiger partial charge in [-0.1, -0.05) is 0 Å². The molecule has 0 aliphatic carbocycles. The maximum absolute atomic E-state index is 11.4. The summed E-state index contributed by atoms with van der Waals surface area (Å²) in [6.07, 6.45) is 1.73. The minimum Gasteiger partial charge on any atom is -0.459 e. The van der Waals surface area contributed by atoms with Gasteiger partial charge in [0.15, 0.2) is 5.76 Å². The van der Waals surface area contributed by atoms with Crippen LogP contribution < -0.4 is 10.6 Å². The Labute approximate surface area is 105 Å². The molecule has 1 rings (SSSR count). The molecule has 0 saturated carbocycles. The molecule has 0 unspecified atom stereocenters. The number of amides is 2. The predicted octanol–water partition coefficient (Wildman–Crippen LogP) is 0.287. The smallest absolute Gasteiger partial charge is 0.286 e. The van der Waals surface area contributed by atoms with E-state index in [0.717, 1.165) is 0 Å². The summed E-state index contributed by atoms with van der Waals surface area (Å²) < 4.78 is 4.92. The van der Waals surface area contributed by atoms with Gasteiger partial charge in [0.1, 0.15) is 0 Å². The minimum absolute atomic E-state index is 0.136. The lowest BCUT2D eigenvalue weighted by atomic mass is 10.3. The van der Waals surface area contributed by atoms with E-state index in [9.17, 15) is 9.59 Å². The molecule has 0 saturated heterocycles. The molecule has 6 heteroatoms. The second-order valence-electron chi connectivity index (χ2n) is 3.99. The van der Waals surface area contributed by atoms with Gasteiger partial charge in [-0.25, -0.2) is 0 Å². The third-order valence-electron chi connectivity index (χ3n) is 2.21. The van der Waals surface area contributed by atoms with Crippen LogP contribution in [-0.2, 0) is 4.79 Å². The van der Waals surface area contributed by atoms with Gasteiger partial charge in [-0.05, 0) is 25.5 Å². The molecule has 0 aliphatic rings. The van der Waals surface area contributed by atoms with Gasteiger partial charge in [-0.15, -0.1) is 0 Å². The zero-order valence-corrected chi connectivity index (χ0v) is 10.3. The first-order valence-electron chi connectivity index (χ1n) is 5.86. The highest BCUT2D eigenvalue weighted by atomic mass is 16.3. The number of carbonyl (C=O) groups is 2. The van der Waals surface area contributed by atoms with E-state index in [1.165, 1.54) is 6.26 Å². The number of aliphatic hydroxyl groups is 1. The van der Waals surface area contributed by atoms with Crippen molar-refractivity contribution in [2.45, 2.75) is 25.9 Å². The summed E-state index contributed by atoms with van der Waals surface area (Å²) in [5.41, 5.74) is 0. The predicted molar refractivity (Wildman–Crippen MR) is 65.0 cm³/mol. The van der Waals surface area contributed by atoms with Crippen LogP contribution in [0, 0.1) is 0 Å². The van der Waals surface area contributed by atoms with Crippen LogP contribution in [0.4, 0.5) is 0 Å². The minimum atomic E-state index is -0.549. The number of nitrogens with one attached hydrogen (secondary N) is 2. The summed E-state index contributed by atoms with van der Waals surface area (Å²) in [4.78, 5) is 22.7. The molecule has 6 nitrogen and oxygen atoms in total. The summed E-state index contributed by atoms with van der Waals surface area (Å²) in [5.74, 6) is -0.166. The lowest BCUT2D eigenvalue weighted by molar-refractivity contribution is -0.121. The number of furan rings is 1. The van der Waals surface area contributed by atoms with Gasteiger partial charge in [-0.2, -0.15) is 0 Å². The molecule has 18 heavy (non-hydrogen) atoms. The number of rotatable bonds is 7. The molecule has 0 aliphatic heterocycles. The van der Waals surface area contributed by atoms with E-state index in [2.05, 4.69) is 10.6 Å². The van der Waals surface area contributed by atoms with Gasteiger partial charge in [0.25, 0.3) is 5.91 Å². The number of aliphatic hydroxyl groups excluding tert-OH is 1. The van der Waals surface area contributed by atoms with Crippen molar-refractivity contribution in [3.63, 3.8) is 0 Å². The Bertz CT molecular complexity index is 373. The van der Waals surface area contributed by atoms with E-state index >= 15 is 0 Å². The van der Waals surface area contributed by atoms with Crippen LogP contribution >= 0.6 is 0 Å². The van der Waals surface area contributed by atoms with Crippen LogP contribution in [0.3, 0.4) is 0 Å². The number of carbonyl (C=O) groups excluding carboxylic acids is 2. The summed E-state index contributed by atoms with van der Waals surface area (Å²) >= 11 is 0. The Morgan fingerprint density at radius 1 is 1.44 bits per heavy atom. The highest BCUT2D eigenvalue weighted by Gasteiger charge is 2.07. The molecule has 1 heterocycles. The maximum Gasteiger partial charge on any atom is 0.286 e. The summed E-state index contributed by atoms with van der Waals surface area (Å²) in [6.45, 7) is 2.25. The first-order chi connectivity index (χ1) is 8.59. The number of hydrogen-bond donors (Lipinski definition) is 3. The second-order valence-corrected chi connectivity index (χ2v) is 3.99. The first-order valence-corrected chi connectivity index (χ1v) is 5.86. The van der Waals surface area contributed by atoms with E-state index in [1.54, 1.807) is 19.1 Å². The average molecular weight is 254 g/mol. The molecule has 0 bridgehead atoms. The van der Waals surface area contributed by atoms with Gasteiger partial charge >= 0.3 is 0 Å². The summed E-state index contributed by atoms with van der Waals surface area (Å²) in [6, 6.07) is 3.21. The fraction of sp³-hybridized carbons (Fsp3) is 0.500. The van der Waals surface area contributed by atoms with Crippen LogP contribution in [-0.4, -0.2) is 36.1 Å². The Balaban J connectivity index is 2.08. The monoisotopic (exact) mass is 254 g/mol. The van der Waals surface area contributed by atoms with Crippen molar-refractivity contribution in [3.05, 3.63) is 24.2 Å². The molecule has 0 spiro atoms. The van der Waals surface area contributed by atoms with Crippen molar-refractivity contribution in [3.8, 4) is 0 Å². The standard InChI is InChI=1S/C12H18N2O4/c1-9(15)8-14-11(16)5-2-6-13-12(17)10-4-3-7-18-10/h3-4,7,9,15H,2,5-6,8H2,1H3,(H,13,17)(H,14,16)/t9-/m1/s1. The van der Waals surface area contributed by atoms with Gasteiger partial charge in [0, 0.05) is 19.5 Å². The fourth-order valence-corrected chi connectivity index (χ4v) is 1.30. The third kappa shape index (κ3) is 5.49. The third-order valence-corrected chi connectivity index (χ3v) is 2.21. The van der Waals surface area contributed by atoms with E-state index in [4.69, 9.17) is 9.52 Å². The molecule has 0 radical (unpaired) electrons. The molecule has 3 N–H and O–H groups in total. The van der Waals surface area contributed by atoms with Gasteiger partial charge in [0.05, 0.1) is 12.4 Å².